The van der Waals surface area contributed by atoms with Crippen molar-refractivity contribution in [3.05, 3.63) is 34.9 Å². The number of hydrogen-bond acceptors (Lipinski definition) is 3. The summed E-state index contributed by atoms with van der Waals surface area (Å²) in [6.45, 7) is 8.25. The van der Waals surface area contributed by atoms with Crippen LogP contribution >= 0.6 is 7.60 Å². The lowest BCUT2D eigenvalue weighted by molar-refractivity contribution is 0.197. The van der Waals surface area contributed by atoms with E-state index in [1.807, 2.05) is 13.0 Å². The zero-order valence-corrected chi connectivity index (χ0v) is 15.4. The zero-order valence-electron chi connectivity index (χ0n) is 14.5. The van der Waals surface area contributed by atoms with E-state index in [-0.39, 0.29) is 6.61 Å². The van der Waals surface area contributed by atoms with E-state index < -0.39 is 13.3 Å². The summed E-state index contributed by atoms with van der Waals surface area (Å²) in [4.78, 5) is 19.4. The van der Waals surface area contributed by atoms with Crippen LogP contribution in [-0.4, -0.2) is 22.3 Å². The first kappa shape index (κ1) is 21.8. The van der Waals surface area contributed by atoms with Crippen molar-refractivity contribution >= 4 is 13.3 Å². The Labute approximate surface area is 139 Å². The Hall–Kier alpha value is -1.16. The molecular formula is C17H29O5P. The quantitative estimate of drug-likeness (QED) is 0.286. The summed E-state index contributed by atoms with van der Waals surface area (Å²) in [5.74, 6) is 0. The van der Waals surface area contributed by atoms with E-state index in [0.717, 1.165) is 31.3 Å². The zero-order chi connectivity index (χ0) is 17.9. The second-order valence-corrected chi connectivity index (χ2v) is 7.57. The van der Waals surface area contributed by atoms with Gasteiger partial charge in [0.25, 0.3) is 0 Å². The molecular weight excluding hydrogens is 315 g/mol. The van der Waals surface area contributed by atoms with Gasteiger partial charge in [-0.25, -0.2) is 9.36 Å². The summed E-state index contributed by atoms with van der Waals surface area (Å²) < 4.78 is 15.5. The van der Waals surface area contributed by atoms with Gasteiger partial charge in [-0.3, -0.25) is 0 Å². The van der Waals surface area contributed by atoms with Crippen LogP contribution in [0.5, 0.6) is 0 Å². The summed E-state index contributed by atoms with van der Waals surface area (Å²) >= 11 is 0. The fourth-order valence-electron chi connectivity index (χ4n) is 1.88. The molecule has 0 aliphatic rings. The predicted octanol–water partition coefficient (Wildman–Crippen LogP) is 5.68. The Balaban J connectivity index is 4.01. The van der Waals surface area contributed by atoms with E-state index >= 15 is 0 Å². The van der Waals surface area contributed by atoms with Crippen LogP contribution in [0, 0.1) is 0 Å². The lowest BCUT2D eigenvalue weighted by Crippen LogP contribution is -2.00. The minimum atomic E-state index is -4.50. The molecule has 1 unspecified atom stereocenters. The summed E-state index contributed by atoms with van der Waals surface area (Å²) in [5, 5.41) is 8.45. The van der Waals surface area contributed by atoms with Crippen LogP contribution in [0.1, 0.15) is 59.8 Å². The molecule has 0 heterocycles. The van der Waals surface area contributed by atoms with Crippen LogP contribution < -0.4 is 0 Å². The van der Waals surface area contributed by atoms with Crippen LogP contribution in [0.2, 0.25) is 0 Å². The molecule has 0 aromatic rings. The van der Waals surface area contributed by atoms with Crippen molar-refractivity contribution in [1.29, 1.82) is 0 Å². The van der Waals surface area contributed by atoms with Gasteiger partial charge in [0.05, 0.1) is 6.61 Å². The third kappa shape index (κ3) is 12.0. The molecule has 0 aliphatic heterocycles. The maximum atomic E-state index is 11.0. The molecule has 0 aromatic heterocycles. The number of carboxylic acid groups (broad SMARTS) is 1. The first-order chi connectivity index (χ1) is 10.6. The first-order valence-corrected chi connectivity index (χ1v) is 9.38. The van der Waals surface area contributed by atoms with Crippen molar-refractivity contribution in [1.82, 2.24) is 0 Å². The van der Waals surface area contributed by atoms with Crippen molar-refractivity contribution in [2.75, 3.05) is 6.61 Å². The highest BCUT2D eigenvalue weighted by molar-refractivity contribution is 7.70. The summed E-state index contributed by atoms with van der Waals surface area (Å²) in [7, 11) is -4.50. The highest BCUT2D eigenvalue weighted by Crippen LogP contribution is 2.42. The van der Waals surface area contributed by atoms with Gasteiger partial charge >= 0.3 is 13.3 Å². The molecule has 0 spiro atoms. The van der Waals surface area contributed by atoms with E-state index in [1.165, 1.54) is 11.1 Å². The molecule has 0 aliphatic carbocycles. The minimum absolute atomic E-state index is 0.0744. The molecule has 0 bridgehead atoms. The summed E-state index contributed by atoms with van der Waals surface area (Å²) in [6.07, 6.45) is 10.8. The van der Waals surface area contributed by atoms with Crippen LogP contribution in [0.4, 0.5) is 4.79 Å². The van der Waals surface area contributed by atoms with E-state index in [0.29, 0.717) is 6.42 Å². The Kier molecular flexibility index (Phi) is 10.8. The first-order valence-electron chi connectivity index (χ1n) is 7.80. The van der Waals surface area contributed by atoms with Crippen molar-refractivity contribution in [3.63, 3.8) is 0 Å². The topological polar surface area (TPSA) is 83.8 Å². The van der Waals surface area contributed by atoms with Crippen molar-refractivity contribution in [2.45, 2.75) is 59.8 Å². The molecule has 2 N–H and O–H groups in total. The third-order valence-corrected chi connectivity index (χ3v) is 4.26. The number of rotatable bonds is 11. The molecule has 6 heteroatoms. The molecule has 0 saturated heterocycles. The fourth-order valence-corrected chi connectivity index (χ4v) is 2.34. The Morgan fingerprint density at radius 3 is 1.91 bits per heavy atom. The molecule has 5 nitrogen and oxygen atoms in total. The van der Waals surface area contributed by atoms with Crippen LogP contribution in [0.15, 0.2) is 34.9 Å². The molecule has 132 valence electrons. The normalized spacial score (nSPS) is 15.2. The van der Waals surface area contributed by atoms with Crippen LogP contribution in [0.3, 0.4) is 0 Å². The van der Waals surface area contributed by atoms with Gasteiger partial charge in [0, 0.05) is 0 Å². The van der Waals surface area contributed by atoms with Crippen molar-refractivity contribution in [2.24, 2.45) is 0 Å². The fraction of sp³-hybridized carbons (Fsp3) is 0.588. The van der Waals surface area contributed by atoms with Gasteiger partial charge in [-0.15, -0.1) is 0 Å². The van der Waals surface area contributed by atoms with E-state index in [2.05, 4.69) is 37.4 Å². The highest BCUT2D eigenvalue weighted by Gasteiger charge is 2.29. The molecule has 0 amide bonds. The monoisotopic (exact) mass is 344 g/mol. The van der Waals surface area contributed by atoms with Gasteiger partial charge in [-0.2, -0.15) is 0 Å². The Morgan fingerprint density at radius 1 is 0.957 bits per heavy atom. The largest absolute Gasteiger partial charge is 0.472 e. The van der Waals surface area contributed by atoms with Gasteiger partial charge in [-0.1, -0.05) is 34.9 Å². The summed E-state index contributed by atoms with van der Waals surface area (Å²) in [6, 6.07) is 0. The standard InChI is InChI=1S/C17H29O5P/c1-14(2)8-5-9-15(3)10-6-11-16(4)12-7-13-22-23(20,21)17(18)19/h8,10,12H,5-7,9,11,13H2,1-4H3,(H,18,19)(H,20,21)/b15-10+,16-12+. The second-order valence-electron chi connectivity index (χ2n) is 5.88. The van der Waals surface area contributed by atoms with Gasteiger partial charge in [0.1, 0.15) is 0 Å². The molecule has 0 aromatic carbocycles. The molecule has 0 radical (unpaired) electrons. The molecule has 23 heavy (non-hydrogen) atoms. The summed E-state index contributed by atoms with van der Waals surface area (Å²) in [5.41, 5.74) is 2.06. The average molecular weight is 344 g/mol. The van der Waals surface area contributed by atoms with Gasteiger partial charge in [0.15, 0.2) is 0 Å². The Bertz CT molecular complexity index is 513. The number of allylic oxidation sites excluding steroid dienone is 5. The van der Waals surface area contributed by atoms with E-state index in [1.54, 1.807) is 0 Å². The van der Waals surface area contributed by atoms with Gasteiger partial charge in [-0.05, 0) is 59.8 Å². The van der Waals surface area contributed by atoms with Crippen molar-refractivity contribution < 1.29 is 23.9 Å². The second kappa shape index (κ2) is 11.4. The van der Waals surface area contributed by atoms with E-state index in [4.69, 9.17) is 10.00 Å². The number of hydrogen-bond donors (Lipinski definition) is 2. The molecule has 0 fully saturated rings. The van der Waals surface area contributed by atoms with Gasteiger partial charge < -0.3 is 14.5 Å². The maximum absolute atomic E-state index is 11.0. The Morgan fingerprint density at radius 2 is 1.43 bits per heavy atom. The third-order valence-electron chi connectivity index (χ3n) is 3.24. The molecule has 0 rings (SSSR count). The predicted molar refractivity (Wildman–Crippen MR) is 93.8 cm³/mol. The lowest BCUT2D eigenvalue weighted by atomic mass is 10.1. The highest BCUT2D eigenvalue weighted by atomic mass is 31.2. The SMILES string of the molecule is CC(C)=CCC/C(C)=C/CC/C(C)=C/CCOP(=O)(O)C(=O)O. The average Bonchev–Trinajstić information content (AvgIpc) is 2.43. The van der Waals surface area contributed by atoms with Crippen molar-refractivity contribution in [3.8, 4) is 0 Å². The van der Waals surface area contributed by atoms with E-state index in [9.17, 15) is 9.36 Å². The van der Waals surface area contributed by atoms with Crippen LogP contribution in [-0.2, 0) is 9.09 Å². The molecule has 0 saturated carbocycles. The van der Waals surface area contributed by atoms with Gasteiger partial charge in [0.2, 0.25) is 0 Å². The smallest absolute Gasteiger partial charge is 0.435 e. The van der Waals surface area contributed by atoms with Crippen LogP contribution in [0.25, 0.3) is 0 Å². The minimum Gasteiger partial charge on any atom is -0.472 e. The molecule has 1 atom stereocenters. The number of carbonyl (C=O) groups is 1. The lowest BCUT2D eigenvalue weighted by Gasteiger charge is -2.06. The maximum Gasteiger partial charge on any atom is 0.435 e.